The molecule has 0 unspecified atom stereocenters. The topological polar surface area (TPSA) is 71.5 Å². The van der Waals surface area contributed by atoms with Gasteiger partial charge in [0.15, 0.2) is 5.13 Å². The Morgan fingerprint density at radius 1 is 1.31 bits per heavy atom. The minimum atomic E-state index is -0.134. The van der Waals surface area contributed by atoms with Crippen LogP contribution in [0.4, 0.5) is 5.13 Å². The van der Waals surface area contributed by atoms with Crippen molar-refractivity contribution in [3.63, 3.8) is 0 Å². The summed E-state index contributed by atoms with van der Waals surface area (Å²) in [5.41, 5.74) is 1.63. The molecule has 0 spiro atoms. The van der Waals surface area contributed by atoms with Crippen LogP contribution in [0.5, 0.6) is 5.75 Å². The second-order valence-corrected chi connectivity index (χ2v) is 7.36. The van der Waals surface area contributed by atoms with E-state index in [4.69, 9.17) is 4.74 Å². The molecule has 138 valence electrons. The van der Waals surface area contributed by atoms with E-state index < -0.39 is 0 Å². The van der Waals surface area contributed by atoms with Crippen molar-refractivity contribution in [2.24, 2.45) is 0 Å². The minimum Gasteiger partial charge on any atom is -0.494 e. The molecule has 1 aliphatic heterocycles. The summed E-state index contributed by atoms with van der Waals surface area (Å²) in [6, 6.07) is 7.32. The average molecular weight is 373 g/mol. The summed E-state index contributed by atoms with van der Waals surface area (Å²) in [5.74, 6) is 0.661. The molecule has 0 atom stereocenters. The van der Waals surface area contributed by atoms with Gasteiger partial charge in [0.1, 0.15) is 5.75 Å². The highest BCUT2D eigenvalue weighted by molar-refractivity contribution is 7.15. The van der Waals surface area contributed by atoms with Crippen LogP contribution in [-0.2, 0) is 17.8 Å². The molecular weight excluding hydrogens is 350 g/mol. The van der Waals surface area contributed by atoms with Crippen molar-refractivity contribution in [1.29, 1.82) is 0 Å². The smallest absolute Gasteiger partial charge is 0.254 e. The van der Waals surface area contributed by atoms with Gasteiger partial charge < -0.3 is 15.0 Å². The van der Waals surface area contributed by atoms with E-state index in [1.54, 1.807) is 0 Å². The molecule has 26 heavy (non-hydrogen) atoms. The Kier molecular flexibility index (Phi) is 5.88. The molecule has 1 N–H and O–H groups in total. The highest BCUT2D eigenvalue weighted by Gasteiger charge is 2.25. The van der Waals surface area contributed by atoms with Crippen LogP contribution in [0.25, 0.3) is 0 Å². The number of hydrogen-bond acceptors (Lipinski definition) is 5. The lowest BCUT2D eigenvalue weighted by Crippen LogP contribution is -2.35. The fraction of sp³-hybridized carbons (Fsp3) is 0.421. The number of unbranched alkanes of at least 4 members (excludes halogenated alkanes) is 1. The Balaban J connectivity index is 1.63. The number of carbonyl (C=O) groups excluding carboxylic acids is 2. The van der Waals surface area contributed by atoms with E-state index in [1.807, 2.05) is 29.2 Å². The zero-order chi connectivity index (χ0) is 18.5. The maximum Gasteiger partial charge on any atom is 0.254 e. The number of thiazole rings is 1. The first-order chi connectivity index (χ1) is 12.6. The van der Waals surface area contributed by atoms with Crippen molar-refractivity contribution in [3.8, 4) is 5.75 Å². The number of nitrogens with one attached hydrogen (secondary N) is 1. The molecule has 0 saturated heterocycles. The molecule has 1 aromatic carbocycles. The van der Waals surface area contributed by atoms with Crippen LogP contribution in [0.2, 0.25) is 0 Å². The molecule has 0 fully saturated rings. The van der Waals surface area contributed by atoms with Gasteiger partial charge in [0, 0.05) is 30.3 Å². The van der Waals surface area contributed by atoms with Crippen molar-refractivity contribution in [3.05, 3.63) is 40.4 Å². The van der Waals surface area contributed by atoms with Gasteiger partial charge in [-0.05, 0) is 30.7 Å². The van der Waals surface area contributed by atoms with Crippen LogP contribution in [0.15, 0.2) is 24.3 Å². The van der Waals surface area contributed by atoms with Crippen LogP contribution in [0, 0.1) is 0 Å². The number of amides is 2. The number of anilines is 1. The Morgan fingerprint density at radius 2 is 2.08 bits per heavy atom. The second-order valence-electron chi connectivity index (χ2n) is 6.27. The monoisotopic (exact) mass is 373 g/mol. The van der Waals surface area contributed by atoms with Crippen molar-refractivity contribution in [2.45, 2.75) is 39.7 Å². The SMILES string of the molecule is CCCCOc1ccc(C(=O)N2CCc3nc(NC(C)=O)sc3C2)cc1. The fourth-order valence-corrected chi connectivity index (χ4v) is 3.85. The predicted octanol–water partition coefficient (Wildman–Crippen LogP) is 3.48. The maximum atomic E-state index is 12.8. The fourth-order valence-electron chi connectivity index (χ4n) is 2.78. The van der Waals surface area contributed by atoms with E-state index in [-0.39, 0.29) is 11.8 Å². The van der Waals surface area contributed by atoms with Crippen LogP contribution >= 0.6 is 11.3 Å². The Labute approximate surface area is 157 Å². The third-order valence-corrected chi connectivity index (χ3v) is 5.17. The number of carbonyl (C=O) groups is 2. The number of hydrogen-bond donors (Lipinski definition) is 1. The first-order valence-corrected chi connectivity index (χ1v) is 9.66. The number of fused-ring (bicyclic) bond motifs is 1. The molecule has 6 nitrogen and oxygen atoms in total. The molecule has 7 heteroatoms. The molecule has 0 radical (unpaired) electrons. The van der Waals surface area contributed by atoms with Crippen molar-refractivity contribution in [1.82, 2.24) is 9.88 Å². The summed E-state index contributed by atoms with van der Waals surface area (Å²) in [5, 5.41) is 3.32. The number of aromatic nitrogens is 1. The van der Waals surface area contributed by atoms with Crippen LogP contribution < -0.4 is 10.1 Å². The number of ether oxygens (including phenoxy) is 1. The first kappa shape index (κ1) is 18.4. The normalized spacial score (nSPS) is 13.2. The van der Waals surface area contributed by atoms with E-state index in [1.165, 1.54) is 18.3 Å². The van der Waals surface area contributed by atoms with Crippen LogP contribution in [-0.4, -0.2) is 34.8 Å². The molecule has 0 saturated carbocycles. The van der Waals surface area contributed by atoms with Gasteiger partial charge in [-0.25, -0.2) is 4.98 Å². The van der Waals surface area contributed by atoms with Gasteiger partial charge >= 0.3 is 0 Å². The average Bonchev–Trinajstić information content (AvgIpc) is 3.02. The van der Waals surface area contributed by atoms with E-state index in [0.717, 1.165) is 29.2 Å². The lowest BCUT2D eigenvalue weighted by Gasteiger charge is -2.26. The Morgan fingerprint density at radius 3 is 2.77 bits per heavy atom. The molecule has 1 aromatic heterocycles. The van der Waals surface area contributed by atoms with Gasteiger partial charge in [0.05, 0.1) is 18.8 Å². The molecule has 0 aliphatic carbocycles. The minimum absolute atomic E-state index is 0.00485. The van der Waals surface area contributed by atoms with Gasteiger partial charge in [0.25, 0.3) is 5.91 Å². The molecule has 0 bridgehead atoms. The van der Waals surface area contributed by atoms with Crippen LogP contribution in [0.1, 0.15) is 47.6 Å². The summed E-state index contributed by atoms with van der Waals surface area (Å²) in [6.07, 6.45) is 2.82. The summed E-state index contributed by atoms with van der Waals surface area (Å²) in [7, 11) is 0. The highest BCUT2D eigenvalue weighted by atomic mass is 32.1. The molecule has 2 amide bonds. The summed E-state index contributed by atoms with van der Waals surface area (Å²) in [6.45, 7) is 5.44. The first-order valence-electron chi connectivity index (χ1n) is 8.85. The van der Waals surface area contributed by atoms with E-state index in [9.17, 15) is 9.59 Å². The molecule has 3 rings (SSSR count). The van der Waals surface area contributed by atoms with E-state index >= 15 is 0 Å². The standard InChI is InChI=1S/C19H23N3O3S/c1-3-4-11-25-15-7-5-14(6-8-15)18(24)22-10-9-16-17(12-22)26-19(21-16)20-13(2)23/h5-8H,3-4,9-12H2,1-2H3,(H,20,21,23). The van der Waals surface area contributed by atoms with E-state index in [2.05, 4.69) is 17.2 Å². The number of rotatable bonds is 6. The predicted molar refractivity (Wildman–Crippen MR) is 102 cm³/mol. The van der Waals surface area contributed by atoms with E-state index in [0.29, 0.717) is 36.8 Å². The largest absolute Gasteiger partial charge is 0.494 e. The summed E-state index contributed by atoms with van der Waals surface area (Å²) < 4.78 is 5.64. The molecule has 2 aromatic rings. The van der Waals surface area contributed by atoms with Gasteiger partial charge in [-0.3, -0.25) is 9.59 Å². The van der Waals surface area contributed by atoms with Gasteiger partial charge in [-0.15, -0.1) is 0 Å². The summed E-state index contributed by atoms with van der Waals surface area (Å²) in [4.78, 5) is 31.2. The van der Waals surface area contributed by atoms with Crippen molar-refractivity contribution >= 4 is 28.3 Å². The second kappa shape index (κ2) is 8.31. The van der Waals surface area contributed by atoms with Gasteiger partial charge in [0.2, 0.25) is 5.91 Å². The van der Waals surface area contributed by atoms with Crippen LogP contribution in [0.3, 0.4) is 0 Å². The lowest BCUT2D eigenvalue weighted by molar-refractivity contribution is -0.114. The number of nitrogens with zero attached hydrogens (tertiary/aromatic N) is 2. The molecule has 1 aliphatic rings. The number of benzene rings is 1. The molecular formula is C19H23N3O3S. The lowest BCUT2D eigenvalue weighted by atomic mass is 10.1. The quantitative estimate of drug-likeness (QED) is 0.787. The zero-order valence-electron chi connectivity index (χ0n) is 15.1. The van der Waals surface area contributed by atoms with Crippen molar-refractivity contribution < 1.29 is 14.3 Å². The Hall–Kier alpha value is -2.41. The molecule has 2 heterocycles. The third kappa shape index (κ3) is 4.40. The zero-order valence-corrected chi connectivity index (χ0v) is 15.9. The highest BCUT2D eigenvalue weighted by Crippen LogP contribution is 2.29. The van der Waals surface area contributed by atoms with Gasteiger partial charge in [-0.1, -0.05) is 24.7 Å². The summed E-state index contributed by atoms with van der Waals surface area (Å²) >= 11 is 1.44. The third-order valence-electron chi connectivity index (χ3n) is 4.17. The maximum absolute atomic E-state index is 12.8. The van der Waals surface area contributed by atoms with Crippen molar-refractivity contribution in [2.75, 3.05) is 18.5 Å². The Bertz CT molecular complexity index is 786. The van der Waals surface area contributed by atoms with Gasteiger partial charge in [-0.2, -0.15) is 0 Å².